The number of nitrogens with zero attached hydrogens (tertiary/aromatic N) is 1. The normalized spacial score (nSPS) is 11.3. The predicted octanol–water partition coefficient (Wildman–Crippen LogP) is 3.30. The molecule has 0 spiro atoms. The SMILES string of the molecule is COC(=O)c1c(C(F)F)cc(C#N)cc1C(F)(F)F. The molecule has 0 N–H and O–H groups in total. The minimum absolute atomic E-state index is 0.331. The number of nitriles is 1. The van der Waals surface area contributed by atoms with Gasteiger partial charge in [0.2, 0.25) is 0 Å². The minimum Gasteiger partial charge on any atom is -0.465 e. The number of alkyl halides is 5. The van der Waals surface area contributed by atoms with E-state index in [4.69, 9.17) is 5.26 Å². The highest BCUT2D eigenvalue weighted by atomic mass is 19.4. The van der Waals surface area contributed by atoms with E-state index >= 15 is 0 Å². The fraction of sp³-hybridized carbons (Fsp3) is 0.273. The Balaban J connectivity index is 3.73. The zero-order valence-corrected chi connectivity index (χ0v) is 9.39. The number of esters is 1. The van der Waals surface area contributed by atoms with Gasteiger partial charge in [-0.25, -0.2) is 13.6 Å². The largest absolute Gasteiger partial charge is 0.465 e. The molecule has 0 bridgehead atoms. The van der Waals surface area contributed by atoms with Gasteiger partial charge in [-0.1, -0.05) is 0 Å². The number of hydrogen-bond donors (Lipinski definition) is 0. The van der Waals surface area contributed by atoms with Gasteiger partial charge in [0, 0.05) is 5.56 Å². The lowest BCUT2D eigenvalue weighted by atomic mass is 9.97. The first-order valence-corrected chi connectivity index (χ1v) is 4.74. The van der Waals surface area contributed by atoms with Gasteiger partial charge >= 0.3 is 12.1 Å². The fourth-order valence-electron chi connectivity index (χ4n) is 1.45. The molecule has 19 heavy (non-hydrogen) atoms. The van der Waals surface area contributed by atoms with E-state index < -0.39 is 40.8 Å². The van der Waals surface area contributed by atoms with E-state index in [9.17, 15) is 26.7 Å². The number of carbonyl (C=O) groups excluding carboxylic acids is 1. The zero-order chi connectivity index (χ0) is 14.8. The number of methoxy groups -OCH3 is 1. The van der Waals surface area contributed by atoms with Crippen LogP contribution in [0.2, 0.25) is 0 Å². The molecule has 0 saturated heterocycles. The first-order valence-electron chi connectivity index (χ1n) is 4.74. The molecule has 0 radical (unpaired) electrons. The summed E-state index contributed by atoms with van der Waals surface area (Å²) in [5, 5.41) is 8.54. The first kappa shape index (κ1) is 14.9. The van der Waals surface area contributed by atoms with Crippen LogP contribution in [0.15, 0.2) is 12.1 Å². The van der Waals surface area contributed by atoms with Gasteiger partial charge in [0.1, 0.15) is 0 Å². The van der Waals surface area contributed by atoms with Crippen LogP contribution in [0.5, 0.6) is 0 Å². The first-order chi connectivity index (χ1) is 8.72. The lowest BCUT2D eigenvalue weighted by Gasteiger charge is -2.15. The van der Waals surface area contributed by atoms with Crippen LogP contribution in [0.1, 0.15) is 33.5 Å². The third kappa shape index (κ3) is 2.99. The number of ether oxygens (including phenoxy) is 1. The topological polar surface area (TPSA) is 50.1 Å². The second-order valence-corrected chi connectivity index (χ2v) is 3.39. The smallest absolute Gasteiger partial charge is 0.417 e. The second kappa shape index (κ2) is 5.22. The molecule has 1 aromatic carbocycles. The highest BCUT2D eigenvalue weighted by Crippen LogP contribution is 2.37. The Morgan fingerprint density at radius 3 is 2.32 bits per heavy atom. The summed E-state index contributed by atoms with van der Waals surface area (Å²) in [6.45, 7) is 0. The van der Waals surface area contributed by atoms with Gasteiger partial charge in [-0.05, 0) is 12.1 Å². The summed E-state index contributed by atoms with van der Waals surface area (Å²) in [7, 11) is 0.774. The third-order valence-electron chi connectivity index (χ3n) is 2.23. The molecule has 0 aliphatic heterocycles. The molecule has 1 aromatic rings. The number of rotatable bonds is 2. The summed E-state index contributed by atoms with van der Waals surface area (Å²) in [4.78, 5) is 11.3. The molecule has 8 heteroatoms. The number of carbonyl (C=O) groups is 1. The quantitative estimate of drug-likeness (QED) is 0.616. The third-order valence-corrected chi connectivity index (χ3v) is 2.23. The Labute approximate surface area is 104 Å². The highest BCUT2D eigenvalue weighted by molar-refractivity contribution is 5.93. The van der Waals surface area contributed by atoms with Crippen LogP contribution in [0.4, 0.5) is 22.0 Å². The zero-order valence-electron chi connectivity index (χ0n) is 9.39. The summed E-state index contributed by atoms with van der Waals surface area (Å²) < 4.78 is 67.8. The van der Waals surface area contributed by atoms with Crippen LogP contribution in [-0.2, 0) is 10.9 Å². The number of benzene rings is 1. The van der Waals surface area contributed by atoms with Gasteiger partial charge in [0.25, 0.3) is 6.43 Å². The van der Waals surface area contributed by atoms with Crippen molar-refractivity contribution >= 4 is 5.97 Å². The Morgan fingerprint density at radius 1 is 1.37 bits per heavy atom. The van der Waals surface area contributed by atoms with Crippen molar-refractivity contribution in [3.63, 3.8) is 0 Å². The average Bonchev–Trinajstić information content (AvgIpc) is 2.34. The van der Waals surface area contributed by atoms with Gasteiger partial charge in [-0.2, -0.15) is 18.4 Å². The molecule has 3 nitrogen and oxygen atoms in total. The molecular formula is C11H6F5NO2. The molecule has 0 aromatic heterocycles. The Kier molecular flexibility index (Phi) is 4.09. The summed E-state index contributed by atoms with van der Waals surface area (Å²) in [5.74, 6) is -1.54. The Bertz CT molecular complexity index is 545. The average molecular weight is 279 g/mol. The molecule has 1 rings (SSSR count). The summed E-state index contributed by atoms with van der Waals surface area (Å²) in [5.41, 5.74) is -4.69. The minimum atomic E-state index is -5.06. The molecule has 0 heterocycles. The molecule has 0 unspecified atom stereocenters. The van der Waals surface area contributed by atoms with E-state index in [0.29, 0.717) is 12.1 Å². The maximum absolute atomic E-state index is 12.7. The molecular weight excluding hydrogens is 273 g/mol. The lowest BCUT2D eigenvalue weighted by molar-refractivity contribution is -0.138. The van der Waals surface area contributed by atoms with Crippen molar-refractivity contribution in [2.24, 2.45) is 0 Å². The van der Waals surface area contributed by atoms with Gasteiger partial charge in [-0.15, -0.1) is 0 Å². The van der Waals surface area contributed by atoms with Crippen LogP contribution in [0.25, 0.3) is 0 Å². The summed E-state index contributed by atoms with van der Waals surface area (Å²) in [6.07, 6.45) is -8.40. The van der Waals surface area contributed by atoms with Crippen LogP contribution in [-0.4, -0.2) is 13.1 Å². The van der Waals surface area contributed by atoms with Crippen LogP contribution in [0.3, 0.4) is 0 Å². The molecule has 0 aliphatic rings. The van der Waals surface area contributed by atoms with E-state index in [1.165, 1.54) is 6.07 Å². The fourth-order valence-corrected chi connectivity index (χ4v) is 1.45. The molecule has 0 aliphatic carbocycles. The van der Waals surface area contributed by atoms with Crippen molar-refractivity contribution in [1.82, 2.24) is 0 Å². The second-order valence-electron chi connectivity index (χ2n) is 3.39. The summed E-state index contributed by atoms with van der Waals surface area (Å²) in [6, 6.07) is 2.20. The van der Waals surface area contributed by atoms with Crippen molar-refractivity contribution in [2.75, 3.05) is 7.11 Å². The lowest BCUT2D eigenvalue weighted by Crippen LogP contribution is -2.17. The van der Waals surface area contributed by atoms with Crippen molar-refractivity contribution < 1.29 is 31.5 Å². The van der Waals surface area contributed by atoms with Crippen molar-refractivity contribution in [3.05, 3.63) is 34.4 Å². The van der Waals surface area contributed by atoms with Gasteiger partial charge in [0.05, 0.1) is 29.9 Å². The van der Waals surface area contributed by atoms with Crippen molar-refractivity contribution in [1.29, 1.82) is 5.26 Å². The van der Waals surface area contributed by atoms with E-state index in [2.05, 4.69) is 4.74 Å². The van der Waals surface area contributed by atoms with E-state index in [0.717, 1.165) is 7.11 Å². The molecule has 0 saturated carbocycles. The molecule has 102 valence electrons. The molecule has 0 amide bonds. The monoisotopic (exact) mass is 279 g/mol. The van der Waals surface area contributed by atoms with Gasteiger partial charge in [-0.3, -0.25) is 0 Å². The number of halogens is 5. The summed E-state index contributed by atoms with van der Waals surface area (Å²) >= 11 is 0. The van der Waals surface area contributed by atoms with E-state index in [1.807, 2.05) is 0 Å². The van der Waals surface area contributed by atoms with Gasteiger partial charge < -0.3 is 4.74 Å². The maximum atomic E-state index is 12.7. The maximum Gasteiger partial charge on any atom is 0.417 e. The molecule has 0 atom stereocenters. The number of hydrogen-bond acceptors (Lipinski definition) is 3. The van der Waals surface area contributed by atoms with Crippen LogP contribution < -0.4 is 0 Å². The van der Waals surface area contributed by atoms with Crippen molar-refractivity contribution in [3.8, 4) is 6.07 Å². The predicted molar refractivity (Wildman–Crippen MR) is 52.5 cm³/mol. The van der Waals surface area contributed by atoms with Crippen molar-refractivity contribution in [2.45, 2.75) is 12.6 Å². The highest BCUT2D eigenvalue weighted by Gasteiger charge is 2.39. The molecule has 0 fully saturated rings. The Morgan fingerprint density at radius 2 is 1.95 bits per heavy atom. The Hall–Kier alpha value is -2.17. The van der Waals surface area contributed by atoms with Crippen LogP contribution in [0, 0.1) is 11.3 Å². The standard InChI is InChI=1S/C11H6F5NO2/c1-19-10(18)8-6(9(12)13)2-5(4-17)3-7(8)11(14,15)16/h2-3,9H,1H3. The van der Waals surface area contributed by atoms with Crippen LogP contribution >= 0.6 is 0 Å². The van der Waals surface area contributed by atoms with E-state index in [1.54, 1.807) is 0 Å². The van der Waals surface area contributed by atoms with Gasteiger partial charge in [0.15, 0.2) is 0 Å². The van der Waals surface area contributed by atoms with E-state index in [-0.39, 0.29) is 0 Å².